The molecule has 1 aromatic rings. The highest BCUT2D eigenvalue weighted by atomic mass is 35.5. The Kier molecular flexibility index (Phi) is 5.27. The fraction of sp³-hybridized carbons (Fsp3) is 0.462. The summed E-state index contributed by atoms with van der Waals surface area (Å²) in [6.45, 7) is 5.36. The number of likely N-dealkylation sites (N-methyl/N-ethyl adjacent to an activating group) is 1. The Morgan fingerprint density at radius 3 is 2.76 bits per heavy atom. The van der Waals surface area contributed by atoms with Crippen LogP contribution >= 0.6 is 11.6 Å². The molecule has 3 nitrogen and oxygen atoms in total. The fourth-order valence-electron chi connectivity index (χ4n) is 1.49. The molecule has 0 amide bonds. The van der Waals surface area contributed by atoms with Crippen LogP contribution in [0.25, 0.3) is 0 Å². The van der Waals surface area contributed by atoms with Crippen molar-refractivity contribution < 1.29 is 4.74 Å². The Hall–Kier alpha value is -1.24. The van der Waals surface area contributed by atoms with E-state index in [-0.39, 0.29) is 6.10 Å². The van der Waals surface area contributed by atoms with Crippen molar-refractivity contribution in [2.24, 2.45) is 0 Å². The second-order valence-electron chi connectivity index (χ2n) is 4.09. The van der Waals surface area contributed by atoms with Crippen molar-refractivity contribution in [1.82, 2.24) is 0 Å². The van der Waals surface area contributed by atoms with Crippen molar-refractivity contribution in [2.45, 2.75) is 20.0 Å². The molecule has 0 aliphatic rings. The first kappa shape index (κ1) is 13.8. The average molecular weight is 253 g/mol. The van der Waals surface area contributed by atoms with Crippen LogP contribution in [0, 0.1) is 11.3 Å². The van der Waals surface area contributed by atoms with Gasteiger partial charge in [0.1, 0.15) is 6.07 Å². The third kappa shape index (κ3) is 3.92. The van der Waals surface area contributed by atoms with Crippen LogP contribution in [-0.2, 0) is 4.74 Å². The average Bonchev–Trinajstić information content (AvgIpc) is 2.28. The minimum atomic E-state index is 0.221. The highest BCUT2D eigenvalue weighted by Gasteiger charge is 2.10. The van der Waals surface area contributed by atoms with Gasteiger partial charge < -0.3 is 9.64 Å². The van der Waals surface area contributed by atoms with Crippen molar-refractivity contribution in [3.8, 4) is 6.07 Å². The molecule has 0 unspecified atom stereocenters. The lowest BCUT2D eigenvalue weighted by molar-refractivity contribution is 0.0846. The van der Waals surface area contributed by atoms with Crippen LogP contribution in [0.3, 0.4) is 0 Å². The maximum absolute atomic E-state index is 9.07. The molecule has 0 bridgehead atoms. The van der Waals surface area contributed by atoms with Crippen LogP contribution in [0.5, 0.6) is 0 Å². The highest BCUT2D eigenvalue weighted by molar-refractivity contribution is 6.32. The lowest BCUT2D eigenvalue weighted by Gasteiger charge is -2.21. The van der Waals surface area contributed by atoms with Crippen LogP contribution in [0.1, 0.15) is 19.4 Å². The van der Waals surface area contributed by atoms with E-state index >= 15 is 0 Å². The number of benzene rings is 1. The van der Waals surface area contributed by atoms with E-state index in [1.54, 1.807) is 6.07 Å². The van der Waals surface area contributed by atoms with E-state index in [2.05, 4.69) is 6.07 Å². The Morgan fingerprint density at radius 1 is 1.47 bits per heavy atom. The van der Waals surface area contributed by atoms with Crippen molar-refractivity contribution in [3.05, 3.63) is 28.8 Å². The molecule has 0 fully saturated rings. The number of ether oxygens (including phenoxy) is 1. The molecule has 0 atom stereocenters. The highest BCUT2D eigenvalue weighted by Crippen LogP contribution is 2.25. The van der Waals surface area contributed by atoms with E-state index in [1.165, 1.54) is 0 Å². The quantitative estimate of drug-likeness (QED) is 0.808. The number of nitriles is 1. The van der Waals surface area contributed by atoms with Crippen LogP contribution in [0.4, 0.5) is 5.69 Å². The summed E-state index contributed by atoms with van der Waals surface area (Å²) in [5.74, 6) is 0. The predicted molar refractivity (Wildman–Crippen MR) is 70.5 cm³/mol. The van der Waals surface area contributed by atoms with Gasteiger partial charge in [0.05, 0.1) is 29.0 Å². The van der Waals surface area contributed by atoms with Gasteiger partial charge in [-0.25, -0.2) is 0 Å². The summed E-state index contributed by atoms with van der Waals surface area (Å²) in [5.41, 5.74) is 1.36. The second-order valence-corrected chi connectivity index (χ2v) is 4.49. The molecule has 0 radical (unpaired) electrons. The van der Waals surface area contributed by atoms with Gasteiger partial charge in [0.15, 0.2) is 0 Å². The summed E-state index contributed by atoms with van der Waals surface area (Å²) in [7, 11) is 1.93. The Bertz CT molecular complexity index is 412. The maximum atomic E-state index is 9.07. The number of halogens is 1. The third-order valence-corrected chi connectivity index (χ3v) is 2.71. The molecule has 0 aromatic heterocycles. The van der Waals surface area contributed by atoms with E-state index < -0.39 is 0 Å². The predicted octanol–water partition coefficient (Wildman–Crippen LogP) is 3.07. The van der Waals surface area contributed by atoms with Crippen LogP contribution in [0.2, 0.25) is 5.02 Å². The first-order valence-corrected chi connectivity index (χ1v) is 5.95. The Balaban J connectivity index is 2.72. The second kappa shape index (κ2) is 6.48. The number of anilines is 1. The monoisotopic (exact) mass is 252 g/mol. The minimum Gasteiger partial charge on any atom is -0.377 e. The van der Waals surface area contributed by atoms with Gasteiger partial charge in [-0.15, -0.1) is 0 Å². The summed E-state index contributed by atoms with van der Waals surface area (Å²) in [5, 5.41) is 9.56. The molecule has 92 valence electrons. The third-order valence-electron chi connectivity index (χ3n) is 2.39. The molecule has 0 aliphatic heterocycles. The number of nitrogens with zero attached hydrogens (tertiary/aromatic N) is 2. The number of rotatable bonds is 5. The summed E-state index contributed by atoms with van der Waals surface area (Å²) < 4.78 is 5.48. The molecule has 0 N–H and O–H groups in total. The van der Waals surface area contributed by atoms with Crippen LogP contribution in [-0.4, -0.2) is 26.3 Å². The van der Waals surface area contributed by atoms with Gasteiger partial charge in [0.25, 0.3) is 0 Å². The first-order chi connectivity index (χ1) is 8.06. The van der Waals surface area contributed by atoms with Crippen molar-refractivity contribution in [3.63, 3.8) is 0 Å². The lowest BCUT2D eigenvalue weighted by Crippen LogP contribution is -2.24. The maximum Gasteiger partial charge on any atom is 0.103 e. The summed E-state index contributed by atoms with van der Waals surface area (Å²) >= 11 is 5.98. The summed E-state index contributed by atoms with van der Waals surface area (Å²) in [6.07, 6.45) is 0.221. The molecule has 0 aliphatic carbocycles. The molecule has 4 heteroatoms. The number of hydrogen-bond donors (Lipinski definition) is 0. The van der Waals surface area contributed by atoms with E-state index in [4.69, 9.17) is 21.6 Å². The minimum absolute atomic E-state index is 0.221. The molecule has 0 saturated heterocycles. The lowest BCUT2D eigenvalue weighted by atomic mass is 10.2. The Morgan fingerprint density at radius 2 is 2.18 bits per heavy atom. The molecule has 17 heavy (non-hydrogen) atoms. The van der Waals surface area contributed by atoms with E-state index in [0.717, 1.165) is 12.2 Å². The van der Waals surface area contributed by atoms with Gasteiger partial charge in [-0.2, -0.15) is 5.26 Å². The topological polar surface area (TPSA) is 36.3 Å². The zero-order valence-electron chi connectivity index (χ0n) is 10.4. The standard InChI is InChI=1S/C13H17ClN2O/c1-10(2)17-8-7-16(3)13-6-4-5-12(14)11(13)9-15/h4-6,10H,7-8H2,1-3H3. The fourth-order valence-corrected chi connectivity index (χ4v) is 1.70. The first-order valence-electron chi connectivity index (χ1n) is 5.57. The summed E-state index contributed by atoms with van der Waals surface area (Å²) in [6, 6.07) is 7.59. The zero-order chi connectivity index (χ0) is 12.8. The summed E-state index contributed by atoms with van der Waals surface area (Å²) in [4.78, 5) is 1.98. The molecule has 1 aromatic carbocycles. The van der Waals surface area contributed by atoms with Gasteiger partial charge >= 0.3 is 0 Å². The largest absolute Gasteiger partial charge is 0.377 e. The van der Waals surface area contributed by atoms with Crippen LogP contribution < -0.4 is 4.90 Å². The molecule has 1 rings (SSSR count). The van der Waals surface area contributed by atoms with Gasteiger partial charge in [0.2, 0.25) is 0 Å². The number of hydrogen-bond acceptors (Lipinski definition) is 3. The smallest absolute Gasteiger partial charge is 0.103 e. The molecule has 0 saturated carbocycles. The zero-order valence-corrected chi connectivity index (χ0v) is 11.2. The van der Waals surface area contributed by atoms with Gasteiger partial charge in [-0.1, -0.05) is 17.7 Å². The van der Waals surface area contributed by atoms with Gasteiger partial charge in [-0.3, -0.25) is 0 Å². The van der Waals surface area contributed by atoms with Crippen LogP contribution in [0.15, 0.2) is 18.2 Å². The van der Waals surface area contributed by atoms with E-state index in [9.17, 15) is 0 Å². The SMILES string of the molecule is CC(C)OCCN(C)c1cccc(Cl)c1C#N. The van der Waals surface area contributed by atoms with Crippen molar-refractivity contribution in [2.75, 3.05) is 25.1 Å². The Labute approximate surface area is 108 Å². The normalized spacial score (nSPS) is 10.4. The molecule has 0 heterocycles. The van der Waals surface area contributed by atoms with E-state index in [1.807, 2.05) is 37.9 Å². The molecule has 0 spiro atoms. The van der Waals surface area contributed by atoms with E-state index in [0.29, 0.717) is 17.2 Å². The molecular formula is C13H17ClN2O. The van der Waals surface area contributed by atoms with Crippen molar-refractivity contribution >= 4 is 17.3 Å². The van der Waals surface area contributed by atoms with Gasteiger partial charge in [0, 0.05) is 13.6 Å². The van der Waals surface area contributed by atoms with Crippen molar-refractivity contribution in [1.29, 1.82) is 5.26 Å². The molecular weight excluding hydrogens is 236 g/mol. The van der Waals surface area contributed by atoms with Gasteiger partial charge in [-0.05, 0) is 26.0 Å².